The molecule has 0 amide bonds. The fraction of sp³-hybridized carbons (Fsp3) is 0.133. The molecule has 2 nitrogen and oxygen atoms in total. The van der Waals surface area contributed by atoms with Gasteiger partial charge < -0.3 is 5.11 Å². The van der Waals surface area contributed by atoms with Crippen molar-refractivity contribution in [2.24, 2.45) is 0 Å². The summed E-state index contributed by atoms with van der Waals surface area (Å²) in [6.07, 6.45) is 0.0205. The predicted molar refractivity (Wildman–Crippen MR) is 74.6 cm³/mol. The van der Waals surface area contributed by atoms with E-state index in [0.717, 1.165) is 18.2 Å². The van der Waals surface area contributed by atoms with Gasteiger partial charge in [-0.05, 0) is 35.7 Å². The summed E-state index contributed by atoms with van der Waals surface area (Å²) >= 11 is 3.30. The molecule has 2 rings (SSSR count). The summed E-state index contributed by atoms with van der Waals surface area (Å²) in [4.78, 5) is 11.4. The van der Waals surface area contributed by atoms with Crippen LogP contribution in [0, 0.1) is 11.6 Å². The van der Waals surface area contributed by atoms with Crippen LogP contribution in [0.1, 0.15) is 17.0 Å². The Kier molecular flexibility index (Phi) is 4.49. The summed E-state index contributed by atoms with van der Waals surface area (Å²) < 4.78 is 27.0. The van der Waals surface area contributed by atoms with Crippen molar-refractivity contribution in [2.75, 3.05) is 0 Å². The molecule has 0 spiro atoms. The van der Waals surface area contributed by atoms with Crippen molar-refractivity contribution in [1.82, 2.24) is 0 Å². The molecule has 1 unspecified atom stereocenters. The minimum absolute atomic E-state index is 0.0205. The minimum atomic E-state index is -1.04. The third-order valence-corrected chi connectivity index (χ3v) is 3.66. The number of benzene rings is 2. The van der Waals surface area contributed by atoms with Gasteiger partial charge in [0, 0.05) is 10.5 Å². The number of hydrogen-bond acceptors (Lipinski definition) is 1. The van der Waals surface area contributed by atoms with E-state index < -0.39 is 23.5 Å². The zero-order valence-electron chi connectivity index (χ0n) is 10.3. The van der Waals surface area contributed by atoms with Gasteiger partial charge in [-0.1, -0.05) is 34.1 Å². The number of carboxylic acid groups (broad SMARTS) is 1. The van der Waals surface area contributed by atoms with E-state index in [1.165, 1.54) is 0 Å². The third kappa shape index (κ3) is 3.42. The molecule has 1 N–H and O–H groups in total. The van der Waals surface area contributed by atoms with Crippen LogP contribution in [0.4, 0.5) is 8.78 Å². The molecule has 0 fully saturated rings. The van der Waals surface area contributed by atoms with E-state index in [-0.39, 0.29) is 6.42 Å². The molecule has 0 heterocycles. The average Bonchev–Trinajstić information content (AvgIpc) is 2.35. The highest BCUT2D eigenvalue weighted by atomic mass is 79.9. The molecular formula is C15H11BrF2O2. The van der Waals surface area contributed by atoms with Gasteiger partial charge >= 0.3 is 5.97 Å². The fourth-order valence-corrected chi connectivity index (χ4v) is 2.61. The van der Waals surface area contributed by atoms with Crippen molar-refractivity contribution in [3.63, 3.8) is 0 Å². The summed E-state index contributed by atoms with van der Waals surface area (Å²) in [5, 5.41) is 9.34. The Morgan fingerprint density at radius 2 is 1.75 bits per heavy atom. The summed E-state index contributed by atoms with van der Waals surface area (Å²) in [6.45, 7) is 0. The van der Waals surface area contributed by atoms with Crippen molar-refractivity contribution in [2.45, 2.75) is 12.3 Å². The first kappa shape index (κ1) is 14.7. The SMILES string of the molecule is O=C(O)C(Cc1cc(F)cc(F)c1)c1ccccc1Br. The molecule has 20 heavy (non-hydrogen) atoms. The van der Waals surface area contributed by atoms with Crippen LogP contribution < -0.4 is 0 Å². The molecular weight excluding hydrogens is 330 g/mol. The smallest absolute Gasteiger partial charge is 0.311 e. The second kappa shape index (κ2) is 6.13. The molecule has 0 saturated carbocycles. The van der Waals surface area contributed by atoms with Crippen LogP contribution >= 0.6 is 15.9 Å². The van der Waals surface area contributed by atoms with Gasteiger partial charge in [-0.2, -0.15) is 0 Å². The van der Waals surface area contributed by atoms with Crippen LogP contribution in [0.15, 0.2) is 46.9 Å². The molecule has 0 aliphatic rings. The predicted octanol–water partition coefficient (Wildman–Crippen LogP) is 4.14. The van der Waals surface area contributed by atoms with E-state index in [1.807, 2.05) is 0 Å². The van der Waals surface area contributed by atoms with E-state index in [2.05, 4.69) is 15.9 Å². The summed E-state index contributed by atoms with van der Waals surface area (Å²) in [7, 11) is 0. The fourth-order valence-electron chi connectivity index (χ4n) is 2.05. The Balaban J connectivity index is 2.36. The van der Waals surface area contributed by atoms with Crippen LogP contribution in [0.2, 0.25) is 0 Å². The van der Waals surface area contributed by atoms with Crippen LogP contribution in [0.5, 0.6) is 0 Å². The Morgan fingerprint density at radius 3 is 2.30 bits per heavy atom. The van der Waals surface area contributed by atoms with Gasteiger partial charge in [-0.15, -0.1) is 0 Å². The van der Waals surface area contributed by atoms with E-state index in [0.29, 0.717) is 15.6 Å². The number of hydrogen-bond donors (Lipinski definition) is 1. The Hall–Kier alpha value is -1.75. The number of carbonyl (C=O) groups is 1. The molecule has 1 atom stereocenters. The van der Waals surface area contributed by atoms with Gasteiger partial charge in [0.25, 0.3) is 0 Å². The second-order valence-electron chi connectivity index (χ2n) is 4.39. The van der Waals surface area contributed by atoms with Crippen molar-refractivity contribution >= 4 is 21.9 Å². The van der Waals surface area contributed by atoms with Crippen LogP contribution in [0.25, 0.3) is 0 Å². The monoisotopic (exact) mass is 340 g/mol. The summed E-state index contributed by atoms with van der Waals surface area (Å²) in [5.74, 6) is -3.33. The number of aliphatic carboxylic acids is 1. The Labute approximate surface area is 123 Å². The van der Waals surface area contributed by atoms with Crippen LogP contribution in [0.3, 0.4) is 0 Å². The van der Waals surface area contributed by atoms with Gasteiger partial charge in [-0.25, -0.2) is 8.78 Å². The van der Waals surface area contributed by atoms with Crippen LogP contribution in [-0.2, 0) is 11.2 Å². The van der Waals surface area contributed by atoms with Crippen molar-refractivity contribution in [3.05, 3.63) is 69.7 Å². The lowest BCUT2D eigenvalue weighted by Gasteiger charge is -2.14. The largest absolute Gasteiger partial charge is 0.481 e. The summed E-state index contributed by atoms with van der Waals surface area (Å²) in [5.41, 5.74) is 0.885. The van der Waals surface area contributed by atoms with Gasteiger partial charge in [0.1, 0.15) is 11.6 Å². The zero-order valence-corrected chi connectivity index (χ0v) is 11.9. The highest BCUT2D eigenvalue weighted by Gasteiger charge is 2.22. The first-order chi connectivity index (χ1) is 9.47. The lowest BCUT2D eigenvalue weighted by Crippen LogP contribution is -2.15. The number of carboxylic acids is 1. The van der Waals surface area contributed by atoms with Crippen molar-refractivity contribution < 1.29 is 18.7 Å². The first-order valence-electron chi connectivity index (χ1n) is 5.89. The topological polar surface area (TPSA) is 37.3 Å². The van der Waals surface area contributed by atoms with E-state index in [9.17, 15) is 18.7 Å². The minimum Gasteiger partial charge on any atom is -0.481 e. The van der Waals surface area contributed by atoms with Gasteiger partial charge in [0.2, 0.25) is 0 Å². The maximum atomic E-state index is 13.2. The highest BCUT2D eigenvalue weighted by Crippen LogP contribution is 2.28. The number of halogens is 3. The zero-order chi connectivity index (χ0) is 14.7. The molecule has 0 aromatic heterocycles. The Morgan fingerprint density at radius 1 is 1.15 bits per heavy atom. The number of rotatable bonds is 4. The van der Waals surface area contributed by atoms with E-state index in [1.54, 1.807) is 24.3 Å². The second-order valence-corrected chi connectivity index (χ2v) is 5.25. The average molecular weight is 341 g/mol. The molecule has 104 valence electrons. The van der Waals surface area contributed by atoms with E-state index >= 15 is 0 Å². The molecule has 0 saturated heterocycles. The van der Waals surface area contributed by atoms with Crippen LogP contribution in [-0.4, -0.2) is 11.1 Å². The normalized spacial score (nSPS) is 12.2. The first-order valence-corrected chi connectivity index (χ1v) is 6.69. The van der Waals surface area contributed by atoms with Gasteiger partial charge in [0.15, 0.2) is 0 Å². The van der Waals surface area contributed by atoms with Gasteiger partial charge in [0.05, 0.1) is 5.92 Å². The maximum Gasteiger partial charge on any atom is 0.311 e. The molecule has 0 aliphatic carbocycles. The molecule has 0 aliphatic heterocycles. The molecule has 5 heteroatoms. The quantitative estimate of drug-likeness (QED) is 0.908. The molecule has 0 bridgehead atoms. The standard InChI is InChI=1S/C15H11BrF2O2/c16-14-4-2-1-3-12(14)13(15(19)20)7-9-5-10(17)8-11(18)6-9/h1-6,8,13H,7H2,(H,19,20). The van der Waals surface area contributed by atoms with E-state index in [4.69, 9.17) is 0 Å². The van der Waals surface area contributed by atoms with Crippen molar-refractivity contribution in [3.8, 4) is 0 Å². The maximum absolute atomic E-state index is 13.2. The summed E-state index contributed by atoms with van der Waals surface area (Å²) in [6, 6.07) is 9.97. The highest BCUT2D eigenvalue weighted by molar-refractivity contribution is 9.10. The molecule has 0 radical (unpaired) electrons. The lowest BCUT2D eigenvalue weighted by atomic mass is 9.92. The third-order valence-electron chi connectivity index (χ3n) is 2.94. The molecule has 2 aromatic carbocycles. The van der Waals surface area contributed by atoms with Crippen molar-refractivity contribution in [1.29, 1.82) is 0 Å². The lowest BCUT2D eigenvalue weighted by molar-refractivity contribution is -0.138. The Bertz CT molecular complexity index is 623. The molecule has 2 aromatic rings. The van der Waals surface area contributed by atoms with Gasteiger partial charge in [-0.3, -0.25) is 4.79 Å².